The molecule has 292 valence electrons. The topological polar surface area (TPSA) is 125 Å². The lowest BCUT2D eigenvalue weighted by Gasteiger charge is -2.39. The number of thiophene rings is 1. The Labute approximate surface area is 330 Å². The number of anilines is 1. The summed E-state index contributed by atoms with van der Waals surface area (Å²) in [5, 5.41) is 15.6. The monoisotopic (exact) mass is 763 g/mol. The lowest BCUT2D eigenvalue weighted by molar-refractivity contribution is -0.142. The maximum atomic E-state index is 13.8. The van der Waals surface area contributed by atoms with E-state index in [1.54, 1.807) is 6.07 Å². The molecule has 3 heterocycles. The van der Waals surface area contributed by atoms with Crippen molar-refractivity contribution in [2.75, 3.05) is 18.0 Å². The van der Waals surface area contributed by atoms with Crippen LogP contribution in [0.5, 0.6) is 0 Å². The second-order valence-corrected chi connectivity index (χ2v) is 17.7. The zero-order valence-corrected chi connectivity index (χ0v) is 33.6. The molecule has 2 aromatic carbocycles. The molecular weight excluding hydrogens is 707 g/mol. The van der Waals surface area contributed by atoms with Gasteiger partial charge in [0.15, 0.2) is 5.82 Å². The molecule has 0 unspecified atom stereocenters. The first-order chi connectivity index (χ1) is 26.5. The molecule has 9 nitrogen and oxygen atoms in total. The Hall–Kier alpha value is -4.57. The third-order valence-corrected chi connectivity index (χ3v) is 13.0. The van der Waals surface area contributed by atoms with Gasteiger partial charge in [0.1, 0.15) is 12.1 Å². The van der Waals surface area contributed by atoms with Crippen LogP contribution in [0.25, 0.3) is 11.4 Å². The first kappa shape index (κ1) is 40.1. The molecule has 10 heteroatoms. The number of carbonyl (C=O) groups excluding carboxylic acids is 2. The third-order valence-electron chi connectivity index (χ3n) is 11.5. The highest BCUT2D eigenvalue weighted by molar-refractivity contribution is 7.14. The smallest absolute Gasteiger partial charge is 0.326 e. The predicted molar refractivity (Wildman–Crippen MR) is 220 cm³/mol. The fourth-order valence-corrected chi connectivity index (χ4v) is 9.24. The lowest BCUT2D eigenvalue weighted by atomic mass is 9.72. The summed E-state index contributed by atoms with van der Waals surface area (Å²) in [6.45, 7) is 10.7. The van der Waals surface area contributed by atoms with E-state index in [2.05, 4.69) is 43.2 Å². The van der Waals surface area contributed by atoms with Gasteiger partial charge >= 0.3 is 5.97 Å². The van der Waals surface area contributed by atoms with Crippen molar-refractivity contribution < 1.29 is 19.5 Å². The maximum Gasteiger partial charge on any atom is 0.326 e. The van der Waals surface area contributed by atoms with Gasteiger partial charge in [-0.25, -0.2) is 14.8 Å². The van der Waals surface area contributed by atoms with Gasteiger partial charge in [0.05, 0.1) is 23.0 Å². The number of carboxylic acid groups (broad SMARTS) is 1. The van der Waals surface area contributed by atoms with E-state index in [-0.39, 0.29) is 24.2 Å². The third kappa shape index (κ3) is 10.8. The molecular formula is C45H57N5O4S. The summed E-state index contributed by atoms with van der Waals surface area (Å²) in [6, 6.07) is 18.4. The Morgan fingerprint density at radius 3 is 2.02 bits per heavy atom. The molecule has 3 N–H and O–H groups in total. The Morgan fingerprint density at radius 1 is 0.800 bits per heavy atom. The average molecular weight is 764 g/mol. The van der Waals surface area contributed by atoms with Crippen molar-refractivity contribution in [2.45, 2.75) is 109 Å². The zero-order valence-electron chi connectivity index (χ0n) is 32.8. The predicted octanol–water partition coefficient (Wildman–Crippen LogP) is 8.48. The summed E-state index contributed by atoms with van der Waals surface area (Å²) in [7, 11) is 0. The summed E-state index contributed by atoms with van der Waals surface area (Å²) in [5.74, 6) is 1.22. The number of benzene rings is 2. The number of hydrogen-bond donors (Lipinski definition) is 3. The molecule has 55 heavy (non-hydrogen) atoms. The first-order valence-corrected chi connectivity index (χ1v) is 20.9. The number of rotatable bonds is 14. The van der Waals surface area contributed by atoms with Gasteiger partial charge in [-0.1, -0.05) is 108 Å². The van der Waals surface area contributed by atoms with Crippen LogP contribution in [0.1, 0.15) is 105 Å². The number of aliphatic carboxylic acids is 1. The number of hydrogen-bond acceptors (Lipinski definition) is 7. The van der Waals surface area contributed by atoms with Crippen LogP contribution in [0.15, 0.2) is 79.1 Å². The van der Waals surface area contributed by atoms with Gasteiger partial charge in [-0.3, -0.25) is 9.59 Å². The van der Waals surface area contributed by atoms with E-state index in [1.165, 1.54) is 62.7 Å². The summed E-state index contributed by atoms with van der Waals surface area (Å²) in [5.41, 5.74) is 3.37. The highest BCUT2D eigenvalue weighted by Crippen LogP contribution is 2.39. The molecule has 2 amide bonds. The van der Waals surface area contributed by atoms with E-state index >= 15 is 0 Å². The number of carboxylic acids is 1. The number of carbonyl (C=O) groups is 3. The minimum Gasteiger partial charge on any atom is -0.480 e. The quantitative estimate of drug-likeness (QED) is 0.118. The molecule has 1 aliphatic carbocycles. The molecule has 2 aromatic heterocycles. The molecule has 2 atom stereocenters. The van der Waals surface area contributed by atoms with E-state index in [1.807, 2.05) is 73.1 Å². The molecule has 0 bridgehead atoms. The number of nitrogens with zero attached hydrogens (tertiary/aromatic N) is 3. The number of aromatic nitrogens is 2. The molecule has 2 fully saturated rings. The second-order valence-electron chi connectivity index (χ2n) is 16.6. The van der Waals surface area contributed by atoms with Gasteiger partial charge in [0, 0.05) is 36.4 Å². The van der Waals surface area contributed by atoms with E-state index < -0.39 is 24.0 Å². The SMILES string of the molecule is CCC[C@H]1CC[C@H](C2CCN(c3cnc(-c4ccc(C[C@H](NC(=O)c5ccc(C(C)(C)C)s5)C(=O)N[C@H](Cc5ccccc5)C(=O)O)cc4)nc3)CC2)CC1. The van der Waals surface area contributed by atoms with Gasteiger partial charge in [-0.15, -0.1) is 11.3 Å². The van der Waals surface area contributed by atoms with Crippen molar-refractivity contribution in [3.63, 3.8) is 0 Å². The Balaban J connectivity index is 1.09. The molecule has 2 aliphatic rings. The van der Waals surface area contributed by atoms with Crippen LogP contribution in [0.4, 0.5) is 5.69 Å². The van der Waals surface area contributed by atoms with E-state index in [4.69, 9.17) is 9.97 Å². The van der Waals surface area contributed by atoms with Crippen LogP contribution in [0.3, 0.4) is 0 Å². The number of nitrogens with one attached hydrogen (secondary N) is 2. The number of amides is 2. The molecule has 0 radical (unpaired) electrons. The van der Waals surface area contributed by atoms with Crippen LogP contribution < -0.4 is 15.5 Å². The standard InChI is InChI=1S/C45H57N5O4S/c1-5-9-30-12-16-33(17-13-30)34-22-24-50(25-23-34)36-28-46-41(47-29-36)35-18-14-32(15-19-35)26-37(48-43(52)39-20-21-40(55-39)45(2,3)4)42(51)49-38(44(53)54)27-31-10-7-6-8-11-31/h6-8,10-11,14-15,18-21,28-30,33-34,37-38H,5,9,12-13,16-17,22-27H2,1-4H3,(H,48,52)(H,49,51)(H,53,54)/t30-,33-,37-,38+/m0/s1. The summed E-state index contributed by atoms with van der Waals surface area (Å²) in [4.78, 5) is 52.9. The van der Waals surface area contributed by atoms with Crippen molar-refractivity contribution in [1.82, 2.24) is 20.6 Å². The Bertz CT molecular complexity index is 1860. The molecule has 1 saturated heterocycles. The zero-order chi connectivity index (χ0) is 39.0. The summed E-state index contributed by atoms with van der Waals surface area (Å²) >= 11 is 1.39. The van der Waals surface area contributed by atoms with E-state index in [9.17, 15) is 19.5 Å². The van der Waals surface area contributed by atoms with Crippen LogP contribution in [-0.2, 0) is 27.8 Å². The van der Waals surface area contributed by atoms with Crippen molar-refractivity contribution in [3.05, 3.63) is 100 Å². The van der Waals surface area contributed by atoms with Crippen molar-refractivity contribution in [2.24, 2.45) is 17.8 Å². The molecule has 6 rings (SSSR count). The lowest BCUT2D eigenvalue weighted by Crippen LogP contribution is -2.53. The van der Waals surface area contributed by atoms with Gasteiger partial charge < -0.3 is 20.6 Å². The molecule has 1 saturated carbocycles. The average Bonchev–Trinajstić information content (AvgIpc) is 3.71. The summed E-state index contributed by atoms with van der Waals surface area (Å²) in [6.07, 6.45) is 15.0. The maximum absolute atomic E-state index is 13.8. The fraction of sp³-hybridized carbons (Fsp3) is 0.489. The molecule has 1 aliphatic heterocycles. The highest BCUT2D eigenvalue weighted by atomic mass is 32.1. The van der Waals surface area contributed by atoms with Crippen LogP contribution in [0.2, 0.25) is 0 Å². The minimum absolute atomic E-state index is 0.119. The van der Waals surface area contributed by atoms with Gasteiger partial charge in [-0.2, -0.15) is 0 Å². The van der Waals surface area contributed by atoms with Crippen LogP contribution >= 0.6 is 11.3 Å². The summed E-state index contributed by atoms with van der Waals surface area (Å²) < 4.78 is 0. The Kier molecular flexibility index (Phi) is 13.4. The number of piperidine rings is 1. The van der Waals surface area contributed by atoms with E-state index in [0.717, 1.165) is 58.1 Å². The first-order valence-electron chi connectivity index (χ1n) is 20.1. The van der Waals surface area contributed by atoms with Crippen LogP contribution in [-0.4, -0.2) is 58.0 Å². The van der Waals surface area contributed by atoms with Crippen molar-refractivity contribution >= 4 is 34.8 Å². The van der Waals surface area contributed by atoms with Gasteiger partial charge in [-0.05, 0) is 72.1 Å². The molecule has 0 spiro atoms. The highest BCUT2D eigenvalue weighted by Gasteiger charge is 2.31. The van der Waals surface area contributed by atoms with Crippen LogP contribution in [0, 0.1) is 17.8 Å². The molecule has 4 aromatic rings. The van der Waals surface area contributed by atoms with Crippen molar-refractivity contribution in [3.8, 4) is 11.4 Å². The normalized spacial score (nSPS) is 19.0. The van der Waals surface area contributed by atoms with E-state index in [0.29, 0.717) is 10.7 Å². The largest absolute Gasteiger partial charge is 0.480 e. The minimum atomic E-state index is -1.16. The Morgan fingerprint density at radius 2 is 1.42 bits per heavy atom. The van der Waals surface area contributed by atoms with Gasteiger partial charge in [0.2, 0.25) is 5.91 Å². The fourth-order valence-electron chi connectivity index (χ4n) is 8.27. The second kappa shape index (κ2) is 18.4. The van der Waals surface area contributed by atoms with Gasteiger partial charge in [0.25, 0.3) is 5.91 Å². The van der Waals surface area contributed by atoms with Crippen molar-refractivity contribution in [1.29, 1.82) is 0 Å².